The number of carbonyl (C=O) groups is 3. The Morgan fingerprint density at radius 1 is 0.393 bits per heavy atom. The number of hydrogen-bond acceptors (Lipinski definition) is 6. The van der Waals surface area contributed by atoms with Crippen LogP contribution in [0, 0.1) is 0 Å². The van der Waals surface area contributed by atoms with Crippen molar-refractivity contribution < 1.29 is 28.6 Å². The van der Waals surface area contributed by atoms with Gasteiger partial charge in [0, 0.05) is 19.3 Å². The number of hydrogen-bond donors (Lipinski definition) is 0. The fourth-order valence-corrected chi connectivity index (χ4v) is 5.69. The maximum absolute atomic E-state index is 12.7. The monoisotopic (exact) mass is 777 g/mol. The highest BCUT2D eigenvalue weighted by atomic mass is 16.6. The summed E-state index contributed by atoms with van der Waals surface area (Å²) in [6.07, 6.45) is 56.8. The number of carbonyl (C=O) groups excluding carboxylic acids is 3. The van der Waals surface area contributed by atoms with Crippen LogP contribution in [0.15, 0.2) is 97.2 Å². The lowest BCUT2D eigenvalue weighted by Gasteiger charge is -2.18. The fourth-order valence-electron chi connectivity index (χ4n) is 5.69. The average Bonchev–Trinajstić information content (AvgIpc) is 3.19. The quantitative estimate of drug-likeness (QED) is 0.0204. The van der Waals surface area contributed by atoms with Crippen LogP contribution in [0.4, 0.5) is 0 Å². The molecule has 6 heteroatoms. The third kappa shape index (κ3) is 41.5. The van der Waals surface area contributed by atoms with E-state index in [2.05, 4.69) is 57.2 Å². The fraction of sp³-hybridized carbons (Fsp3) is 0.620. The molecule has 0 saturated carbocycles. The summed E-state index contributed by atoms with van der Waals surface area (Å²) >= 11 is 0. The van der Waals surface area contributed by atoms with Gasteiger partial charge >= 0.3 is 17.9 Å². The summed E-state index contributed by atoms with van der Waals surface area (Å²) in [4.78, 5) is 37.6. The lowest BCUT2D eigenvalue weighted by atomic mass is 10.0. The number of esters is 3. The molecule has 0 aliphatic heterocycles. The summed E-state index contributed by atoms with van der Waals surface area (Å²) in [5.74, 6) is -0.997. The smallest absolute Gasteiger partial charge is 0.306 e. The van der Waals surface area contributed by atoms with Crippen LogP contribution in [0.25, 0.3) is 0 Å². The zero-order chi connectivity index (χ0) is 40.8. The van der Waals surface area contributed by atoms with Crippen LogP contribution in [0.1, 0.15) is 181 Å². The Hall–Kier alpha value is -3.67. The van der Waals surface area contributed by atoms with E-state index < -0.39 is 6.10 Å². The highest BCUT2D eigenvalue weighted by molar-refractivity contribution is 5.71. The van der Waals surface area contributed by atoms with Gasteiger partial charge in [-0.15, -0.1) is 0 Å². The third-order valence-electron chi connectivity index (χ3n) is 9.00. The molecular weight excluding hydrogens is 697 g/mol. The van der Waals surface area contributed by atoms with Crippen LogP contribution < -0.4 is 0 Å². The van der Waals surface area contributed by atoms with Crippen molar-refractivity contribution >= 4 is 17.9 Å². The molecule has 0 fully saturated rings. The van der Waals surface area contributed by atoms with Crippen molar-refractivity contribution in [1.29, 1.82) is 0 Å². The predicted octanol–water partition coefficient (Wildman–Crippen LogP) is 14.2. The maximum atomic E-state index is 12.7. The molecule has 0 spiro atoms. The number of allylic oxidation sites excluding steroid dienone is 16. The molecule has 0 aliphatic rings. The molecule has 0 heterocycles. The first-order chi connectivity index (χ1) is 27.5. The second-order valence-corrected chi connectivity index (χ2v) is 14.4. The van der Waals surface area contributed by atoms with Crippen molar-refractivity contribution in [3.05, 3.63) is 97.2 Å². The minimum atomic E-state index is -0.805. The van der Waals surface area contributed by atoms with Gasteiger partial charge in [-0.1, -0.05) is 195 Å². The topological polar surface area (TPSA) is 78.9 Å². The van der Waals surface area contributed by atoms with Gasteiger partial charge in [0.05, 0.1) is 0 Å². The van der Waals surface area contributed by atoms with Gasteiger partial charge in [-0.05, 0) is 64.2 Å². The van der Waals surface area contributed by atoms with E-state index in [1.807, 2.05) is 60.8 Å². The van der Waals surface area contributed by atoms with Gasteiger partial charge in [0.25, 0.3) is 0 Å². The highest BCUT2D eigenvalue weighted by Crippen LogP contribution is 2.14. The molecule has 0 radical (unpaired) electrons. The molecular formula is C50H80O6. The molecule has 0 bridgehead atoms. The molecule has 0 aliphatic carbocycles. The molecule has 0 aromatic rings. The number of ether oxygens (including phenoxy) is 3. The molecule has 316 valence electrons. The van der Waals surface area contributed by atoms with Gasteiger partial charge in [-0.25, -0.2) is 0 Å². The highest BCUT2D eigenvalue weighted by Gasteiger charge is 2.19. The van der Waals surface area contributed by atoms with E-state index in [9.17, 15) is 14.4 Å². The minimum Gasteiger partial charge on any atom is -0.462 e. The van der Waals surface area contributed by atoms with E-state index in [1.54, 1.807) is 0 Å². The SMILES string of the molecule is CC\C=C/C=C\C=C/C=C\C=C\C=C/CCCCCC(=O)OCC(COC(=O)CCCC/C=C\C/C=C\CC)OC(=O)CCCCCCCCCCCCCC. The average molecular weight is 777 g/mol. The summed E-state index contributed by atoms with van der Waals surface area (Å²) in [6.45, 7) is 6.26. The Bertz CT molecular complexity index is 1170. The molecule has 56 heavy (non-hydrogen) atoms. The molecule has 0 rings (SSSR count). The summed E-state index contributed by atoms with van der Waals surface area (Å²) in [6, 6.07) is 0. The van der Waals surface area contributed by atoms with E-state index >= 15 is 0 Å². The molecule has 0 aromatic heterocycles. The van der Waals surface area contributed by atoms with E-state index in [0.717, 1.165) is 83.5 Å². The first-order valence-electron chi connectivity index (χ1n) is 22.3. The first kappa shape index (κ1) is 52.3. The minimum absolute atomic E-state index is 0.110. The van der Waals surface area contributed by atoms with E-state index in [4.69, 9.17) is 14.2 Å². The maximum Gasteiger partial charge on any atom is 0.306 e. The van der Waals surface area contributed by atoms with Crippen molar-refractivity contribution in [3.63, 3.8) is 0 Å². The Balaban J connectivity index is 4.49. The Kier molecular flexibility index (Phi) is 41.2. The second-order valence-electron chi connectivity index (χ2n) is 14.4. The van der Waals surface area contributed by atoms with Gasteiger partial charge in [-0.3, -0.25) is 14.4 Å². The Morgan fingerprint density at radius 3 is 1.32 bits per heavy atom. The van der Waals surface area contributed by atoms with Crippen LogP contribution in [0.3, 0.4) is 0 Å². The predicted molar refractivity (Wildman–Crippen MR) is 237 cm³/mol. The van der Waals surface area contributed by atoms with Gasteiger partial charge in [0.1, 0.15) is 13.2 Å². The van der Waals surface area contributed by atoms with E-state index in [-0.39, 0.29) is 31.1 Å². The van der Waals surface area contributed by atoms with E-state index in [1.165, 1.54) is 57.8 Å². The van der Waals surface area contributed by atoms with Crippen molar-refractivity contribution in [2.24, 2.45) is 0 Å². The van der Waals surface area contributed by atoms with Crippen molar-refractivity contribution in [2.45, 2.75) is 187 Å². The molecule has 0 amide bonds. The van der Waals surface area contributed by atoms with Gasteiger partial charge in [0.15, 0.2) is 6.10 Å². The van der Waals surface area contributed by atoms with Gasteiger partial charge < -0.3 is 14.2 Å². The van der Waals surface area contributed by atoms with Crippen LogP contribution in [-0.2, 0) is 28.6 Å². The molecule has 0 N–H and O–H groups in total. The van der Waals surface area contributed by atoms with E-state index in [0.29, 0.717) is 19.3 Å². The Morgan fingerprint density at radius 2 is 0.786 bits per heavy atom. The normalized spacial score (nSPS) is 13.0. The lowest BCUT2D eigenvalue weighted by molar-refractivity contribution is -0.167. The Labute approximate surface area is 343 Å². The van der Waals surface area contributed by atoms with Crippen LogP contribution in [-0.4, -0.2) is 37.2 Å². The van der Waals surface area contributed by atoms with Crippen molar-refractivity contribution in [1.82, 2.24) is 0 Å². The third-order valence-corrected chi connectivity index (χ3v) is 9.00. The molecule has 1 atom stereocenters. The standard InChI is InChI=1S/C50H80O6/c1-4-7-10-13-16-19-21-23-24-25-26-27-29-31-34-37-40-43-49(52)55-46-47(45-54-48(51)42-39-36-33-30-18-15-12-9-6-3)56-50(53)44-41-38-35-32-28-22-20-17-14-11-8-5-2/h7,9-10,12-13,16,18-19,21,23-27,29-30,47H,4-6,8,11,14-15,17,20,22,28,31-46H2,1-3H3/b10-7-,12-9-,16-13-,21-19-,24-23-,26-25+,29-27-,30-18-. The lowest BCUT2D eigenvalue weighted by Crippen LogP contribution is -2.30. The van der Waals surface area contributed by atoms with Crippen molar-refractivity contribution in [2.75, 3.05) is 13.2 Å². The second kappa shape index (κ2) is 44.0. The summed E-state index contributed by atoms with van der Waals surface area (Å²) in [7, 11) is 0. The zero-order valence-electron chi connectivity index (χ0n) is 35.9. The molecule has 6 nitrogen and oxygen atoms in total. The van der Waals surface area contributed by atoms with Crippen LogP contribution in [0.5, 0.6) is 0 Å². The van der Waals surface area contributed by atoms with Gasteiger partial charge in [0.2, 0.25) is 0 Å². The first-order valence-corrected chi connectivity index (χ1v) is 22.3. The zero-order valence-corrected chi connectivity index (χ0v) is 35.9. The van der Waals surface area contributed by atoms with Crippen LogP contribution >= 0.6 is 0 Å². The molecule has 1 unspecified atom stereocenters. The summed E-state index contributed by atoms with van der Waals surface area (Å²) < 4.78 is 16.6. The summed E-state index contributed by atoms with van der Waals surface area (Å²) in [5, 5.41) is 0. The van der Waals surface area contributed by atoms with Gasteiger partial charge in [-0.2, -0.15) is 0 Å². The molecule has 0 saturated heterocycles. The van der Waals surface area contributed by atoms with Crippen molar-refractivity contribution in [3.8, 4) is 0 Å². The summed E-state index contributed by atoms with van der Waals surface area (Å²) in [5.41, 5.74) is 0. The molecule has 0 aromatic carbocycles. The number of unbranched alkanes of at least 4 members (excludes halogenated alkanes) is 16. The largest absolute Gasteiger partial charge is 0.462 e. The number of rotatable bonds is 38. The van der Waals surface area contributed by atoms with Crippen LogP contribution in [0.2, 0.25) is 0 Å².